The van der Waals surface area contributed by atoms with E-state index in [2.05, 4.69) is 21.5 Å². The number of nitrogens with zero attached hydrogens (tertiary/aromatic N) is 3. The quantitative estimate of drug-likeness (QED) is 0.800. The summed E-state index contributed by atoms with van der Waals surface area (Å²) >= 11 is 0. The van der Waals surface area contributed by atoms with Crippen LogP contribution >= 0.6 is 0 Å². The smallest absolute Gasteiger partial charge is 0.222 e. The summed E-state index contributed by atoms with van der Waals surface area (Å²) in [7, 11) is 1.66. The molecule has 2 atom stereocenters. The fourth-order valence-corrected chi connectivity index (χ4v) is 3.16. The molecule has 0 radical (unpaired) electrons. The lowest BCUT2D eigenvalue weighted by molar-refractivity contribution is 0.406. The molecule has 5 nitrogen and oxygen atoms in total. The Bertz CT molecular complexity index is 846. The van der Waals surface area contributed by atoms with Gasteiger partial charge in [-0.3, -0.25) is 0 Å². The first-order valence-corrected chi connectivity index (χ1v) is 7.80. The maximum absolute atomic E-state index is 13.2. The number of anilines is 1. The zero-order valence-electron chi connectivity index (χ0n) is 13.2. The zero-order valence-corrected chi connectivity index (χ0v) is 13.2. The van der Waals surface area contributed by atoms with Crippen molar-refractivity contribution in [1.82, 2.24) is 14.8 Å². The second-order valence-corrected chi connectivity index (χ2v) is 5.80. The number of halogens is 1. The maximum Gasteiger partial charge on any atom is 0.222 e. The molecule has 1 aliphatic heterocycles. The third kappa shape index (κ3) is 2.60. The SMILES string of the molecule is COc1cccc([C@@H]2C[C@H](c3ccc(F)cc3)Nc3ncnn32)c1. The predicted molar refractivity (Wildman–Crippen MR) is 88.5 cm³/mol. The fraction of sp³-hybridized carbons (Fsp3) is 0.222. The highest BCUT2D eigenvalue weighted by Gasteiger charge is 2.30. The van der Waals surface area contributed by atoms with Crippen LogP contribution in [0.1, 0.15) is 29.6 Å². The summed E-state index contributed by atoms with van der Waals surface area (Å²) < 4.78 is 20.4. The lowest BCUT2D eigenvalue weighted by Gasteiger charge is -2.32. The summed E-state index contributed by atoms with van der Waals surface area (Å²) in [6.07, 6.45) is 2.33. The Balaban J connectivity index is 1.72. The standard InChI is InChI=1S/C18H17FN4O/c1-24-15-4-2-3-13(9-15)17-10-16(12-5-7-14(19)8-6-12)22-18-20-11-21-23(17)18/h2-9,11,16-17H,10H2,1H3,(H,20,21,22)/t16-,17+/m1/s1. The summed E-state index contributed by atoms with van der Waals surface area (Å²) in [5.74, 6) is 1.29. The molecule has 1 N–H and O–H groups in total. The van der Waals surface area contributed by atoms with Crippen molar-refractivity contribution in [3.8, 4) is 5.75 Å². The average molecular weight is 324 g/mol. The van der Waals surface area contributed by atoms with Gasteiger partial charge in [0.25, 0.3) is 0 Å². The maximum atomic E-state index is 13.2. The summed E-state index contributed by atoms with van der Waals surface area (Å²) in [5.41, 5.74) is 2.13. The van der Waals surface area contributed by atoms with E-state index < -0.39 is 0 Å². The van der Waals surface area contributed by atoms with Crippen molar-refractivity contribution in [2.75, 3.05) is 12.4 Å². The molecule has 0 saturated carbocycles. The van der Waals surface area contributed by atoms with Gasteiger partial charge in [-0.1, -0.05) is 24.3 Å². The Morgan fingerprint density at radius 2 is 2.00 bits per heavy atom. The van der Waals surface area contributed by atoms with E-state index in [1.807, 2.05) is 35.0 Å². The number of hydrogen-bond donors (Lipinski definition) is 1. The number of methoxy groups -OCH3 is 1. The number of ether oxygens (including phenoxy) is 1. The monoisotopic (exact) mass is 324 g/mol. The number of hydrogen-bond acceptors (Lipinski definition) is 4. The summed E-state index contributed by atoms with van der Waals surface area (Å²) in [5, 5.41) is 7.73. The van der Waals surface area contributed by atoms with Crippen LogP contribution in [0.2, 0.25) is 0 Å². The van der Waals surface area contributed by atoms with Gasteiger partial charge in [-0.15, -0.1) is 0 Å². The third-order valence-corrected chi connectivity index (χ3v) is 4.38. The Morgan fingerprint density at radius 1 is 1.17 bits per heavy atom. The third-order valence-electron chi connectivity index (χ3n) is 4.38. The van der Waals surface area contributed by atoms with Gasteiger partial charge in [0.2, 0.25) is 5.95 Å². The van der Waals surface area contributed by atoms with E-state index in [1.165, 1.54) is 12.1 Å². The topological polar surface area (TPSA) is 52.0 Å². The molecule has 0 spiro atoms. The minimum atomic E-state index is -0.234. The van der Waals surface area contributed by atoms with Gasteiger partial charge >= 0.3 is 0 Å². The van der Waals surface area contributed by atoms with Crippen molar-refractivity contribution in [2.45, 2.75) is 18.5 Å². The number of rotatable bonds is 3. The normalized spacial score (nSPS) is 19.4. The molecular weight excluding hydrogens is 307 g/mol. The minimum absolute atomic E-state index is 0.0360. The predicted octanol–water partition coefficient (Wildman–Crippen LogP) is 3.57. The molecule has 0 unspecified atom stereocenters. The number of aromatic nitrogens is 3. The van der Waals surface area contributed by atoms with Gasteiger partial charge in [-0.05, 0) is 41.8 Å². The van der Waals surface area contributed by atoms with Gasteiger partial charge in [0.05, 0.1) is 19.2 Å². The van der Waals surface area contributed by atoms with E-state index in [-0.39, 0.29) is 17.9 Å². The van der Waals surface area contributed by atoms with E-state index >= 15 is 0 Å². The van der Waals surface area contributed by atoms with Crippen LogP contribution < -0.4 is 10.1 Å². The van der Waals surface area contributed by atoms with Gasteiger partial charge in [-0.25, -0.2) is 9.07 Å². The van der Waals surface area contributed by atoms with Crippen molar-refractivity contribution < 1.29 is 9.13 Å². The Morgan fingerprint density at radius 3 is 2.79 bits per heavy atom. The fourth-order valence-electron chi connectivity index (χ4n) is 3.16. The van der Waals surface area contributed by atoms with Crippen LogP contribution in [-0.4, -0.2) is 21.9 Å². The first-order valence-electron chi connectivity index (χ1n) is 7.80. The largest absolute Gasteiger partial charge is 0.497 e. The van der Waals surface area contributed by atoms with Crippen LogP contribution in [0.5, 0.6) is 5.75 Å². The Hall–Kier alpha value is -2.89. The van der Waals surface area contributed by atoms with Crippen molar-refractivity contribution >= 4 is 5.95 Å². The van der Waals surface area contributed by atoms with Crippen LogP contribution in [0.15, 0.2) is 54.9 Å². The van der Waals surface area contributed by atoms with Gasteiger partial charge < -0.3 is 10.1 Å². The van der Waals surface area contributed by atoms with Crippen LogP contribution in [-0.2, 0) is 0 Å². The number of nitrogens with one attached hydrogen (secondary N) is 1. The van der Waals surface area contributed by atoms with Crippen LogP contribution in [0, 0.1) is 5.82 Å². The van der Waals surface area contributed by atoms with Gasteiger partial charge in [0.1, 0.15) is 17.9 Å². The Kier molecular flexibility index (Phi) is 3.65. The van der Waals surface area contributed by atoms with Crippen molar-refractivity contribution in [1.29, 1.82) is 0 Å². The molecule has 24 heavy (non-hydrogen) atoms. The first kappa shape index (κ1) is 14.7. The van der Waals surface area contributed by atoms with Crippen LogP contribution in [0.4, 0.5) is 10.3 Å². The second-order valence-electron chi connectivity index (χ2n) is 5.80. The van der Waals surface area contributed by atoms with E-state index in [9.17, 15) is 4.39 Å². The molecule has 1 aromatic heterocycles. The van der Waals surface area contributed by atoms with Crippen molar-refractivity contribution in [3.63, 3.8) is 0 Å². The highest BCUT2D eigenvalue weighted by atomic mass is 19.1. The van der Waals surface area contributed by atoms with E-state index in [0.29, 0.717) is 5.95 Å². The molecule has 1 aliphatic rings. The van der Waals surface area contributed by atoms with Gasteiger partial charge in [0, 0.05) is 0 Å². The highest BCUT2D eigenvalue weighted by Crippen LogP contribution is 2.37. The minimum Gasteiger partial charge on any atom is -0.497 e. The molecule has 0 saturated heterocycles. The molecule has 2 aromatic carbocycles. The lowest BCUT2D eigenvalue weighted by Crippen LogP contribution is -2.28. The summed E-state index contributed by atoms with van der Waals surface area (Å²) in [6.45, 7) is 0. The highest BCUT2D eigenvalue weighted by molar-refractivity contribution is 5.39. The lowest BCUT2D eigenvalue weighted by atomic mass is 9.93. The van der Waals surface area contributed by atoms with Gasteiger partial charge in [0.15, 0.2) is 0 Å². The molecule has 3 aromatic rings. The van der Waals surface area contributed by atoms with Crippen molar-refractivity contribution in [3.05, 3.63) is 71.8 Å². The number of benzene rings is 2. The second kappa shape index (κ2) is 5.96. The molecule has 4 rings (SSSR count). The number of fused-ring (bicyclic) bond motifs is 1. The molecule has 122 valence electrons. The average Bonchev–Trinajstić information content (AvgIpc) is 3.10. The summed E-state index contributed by atoms with van der Waals surface area (Å²) in [6, 6.07) is 14.6. The van der Waals surface area contributed by atoms with E-state index in [1.54, 1.807) is 13.4 Å². The molecule has 6 heteroatoms. The van der Waals surface area contributed by atoms with Crippen LogP contribution in [0.3, 0.4) is 0 Å². The van der Waals surface area contributed by atoms with Crippen molar-refractivity contribution in [2.24, 2.45) is 0 Å². The summed E-state index contributed by atoms with van der Waals surface area (Å²) in [4.78, 5) is 4.30. The van der Waals surface area contributed by atoms with Gasteiger partial charge in [-0.2, -0.15) is 10.1 Å². The van der Waals surface area contributed by atoms with E-state index in [4.69, 9.17) is 4.74 Å². The molecule has 2 heterocycles. The first-order chi connectivity index (χ1) is 11.7. The Labute approximate surface area is 139 Å². The molecule has 0 amide bonds. The molecule has 0 fully saturated rings. The molecule has 0 aliphatic carbocycles. The van der Waals surface area contributed by atoms with E-state index in [0.717, 1.165) is 23.3 Å². The molecular formula is C18H17FN4O. The zero-order chi connectivity index (χ0) is 16.5. The molecule has 0 bridgehead atoms. The van der Waals surface area contributed by atoms with Crippen LogP contribution in [0.25, 0.3) is 0 Å².